The fourth-order valence-corrected chi connectivity index (χ4v) is 2.55. The van der Waals surface area contributed by atoms with Gasteiger partial charge in [-0.25, -0.2) is 9.67 Å². The zero-order chi connectivity index (χ0) is 18.0. The summed E-state index contributed by atoms with van der Waals surface area (Å²) in [6.45, 7) is 5.15. The Morgan fingerprint density at radius 2 is 1.93 bits per heavy atom. The summed E-state index contributed by atoms with van der Waals surface area (Å²) >= 11 is 0. The smallest absolute Gasteiger partial charge is 0.191 e. The predicted octanol–water partition coefficient (Wildman–Crippen LogP) is 2.83. The molecule has 2 N–H and O–H groups in total. The first-order valence-corrected chi connectivity index (χ1v) is 8.94. The summed E-state index contributed by atoms with van der Waals surface area (Å²) in [5, 5.41) is 15.4. The Morgan fingerprint density at radius 3 is 2.67 bits per heavy atom. The monoisotopic (exact) mass is 479 g/mol. The number of nitrogens with one attached hydrogen (secondary N) is 2. The van der Waals surface area contributed by atoms with E-state index in [2.05, 4.69) is 32.7 Å². The molecule has 0 radical (unpaired) electrons. The SMILES string of the molecule is CCNC(=NCc1ccn(-c2ccccc2)n1)NCCCn1cccn1.I. The number of guanidine groups is 1. The molecule has 144 valence electrons. The molecule has 0 unspecified atom stereocenters. The third kappa shape index (κ3) is 6.70. The van der Waals surface area contributed by atoms with Gasteiger partial charge in [-0.15, -0.1) is 24.0 Å². The standard InChI is InChI=1S/C19H25N7.HI/c1-2-20-19(21-11-6-13-25-14-7-12-23-25)22-16-17-10-15-26(24-17)18-8-4-3-5-9-18;/h3-5,7-10,12,14-15H,2,6,11,13,16H2,1H3,(H2,20,21,22);1H. The summed E-state index contributed by atoms with van der Waals surface area (Å²) in [5.74, 6) is 0.808. The molecule has 0 spiro atoms. The number of aromatic nitrogens is 4. The summed E-state index contributed by atoms with van der Waals surface area (Å²) in [6, 6.07) is 14.0. The first kappa shape index (κ1) is 20.9. The third-order valence-corrected chi connectivity index (χ3v) is 3.82. The van der Waals surface area contributed by atoms with Crippen LogP contribution in [0.25, 0.3) is 5.69 Å². The van der Waals surface area contributed by atoms with Gasteiger partial charge in [-0.3, -0.25) is 4.68 Å². The van der Waals surface area contributed by atoms with E-state index in [1.807, 2.05) is 64.2 Å². The minimum Gasteiger partial charge on any atom is -0.357 e. The van der Waals surface area contributed by atoms with Gasteiger partial charge in [0.1, 0.15) is 0 Å². The molecule has 2 heterocycles. The van der Waals surface area contributed by atoms with Crippen molar-refractivity contribution in [3.05, 3.63) is 66.7 Å². The van der Waals surface area contributed by atoms with E-state index in [1.165, 1.54) is 0 Å². The lowest BCUT2D eigenvalue weighted by Gasteiger charge is -2.11. The average molecular weight is 479 g/mol. The van der Waals surface area contributed by atoms with Gasteiger partial charge in [-0.2, -0.15) is 10.2 Å². The summed E-state index contributed by atoms with van der Waals surface area (Å²) in [6.07, 6.45) is 6.72. The quantitative estimate of drug-likeness (QED) is 0.226. The molecule has 0 saturated carbocycles. The molecule has 2 aromatic heterocycles. The van der Waals surface area contributed by atoms with Crippen LogP contribution in [-0.2, 0) is 13.1 Å². The molecule has 0 bridgehead atoms. The molecule has 0 saturated heterocycles. The largest absolute Gasteiger partial charge is 0.357 e. The Kier molecular flexibility index (Phi) is 8.82. The van der Waals surface area contributed by atoms with Crippen LogP contribution in [-0.4, -0.2) is 38.6 Å². The van der Waals surface area contributed by atoms with Gasteiger partial charge < -0.3 is 10.6 Å². The van der Waals surface area contributed by atoms with Crippen LogP contribution >= 0.6 is 24.0 Å². The molecule has 0 aliphatic carbocycles. The van der Waals surface area contributed by atoms with Crippen LogP contribution in [0.4, 0.5) is 0 Å². The molecule has 0 aliphatic heterocycles. The van der Waals surface area contributed by atoms with Crippen molar-refractivity contribution in [2.45, 2.75) is 26.4 Å². The second-order valence-corrected chi connectivity index (χ2v) is 5.83. The molecule has 0 amide bonds. The van der Waals surface area contributed by atoms with E-state index in [0.717, 1.165) is 43.4 Å². The predicted molar refractivity (Wildman–Crippen MR) is 119 cm³/mol. The fraction of sp³-hybridized carbons (Fsp3) is 0.316. The molecule has 8 heteroatoms. The highest BCUT2D eigenvalue weighted by atomic mass is 127. The Morgan fingerprint density at radius 1 is 1.07 bits per heavy atom. The maximum atomic E-state index is 4.62. The van der Waals surface area contributed by atoms with Crippen molar-refractivity contribution in [1.29, 1.82) is 0 Å². The zero-order valence-electron chi connectivity index (χ0n) is 15.5. The van der Waals surface area contributed by atoms with E-state index >= 15 is 0 Å². The first-order chi connectivity index (χ1) is 12.8. The molecule has 0 fully saturated rings. The fourth-order valence-electron chi connectivity index (χ4n) is 2.55. The number of nitrogens with zero attached hydrogens (tertiary/aromatic N) is 5. The van der Waals surface area contributed by atoms with E-state index in [-0.39, 0.29) is 24.0 Å². The van der Waals surface area contributed by atoms with Crippen molar-refractivity contribution in [3.8, 4) is 5.69 Å². The summed E-state index contributed by atoms with van der Waals surface area (Å²) in [7, 11) is 0. The molecular formula is C19H26IN7. The molecule has 7 nitrogen and oxygen atoms in total. The first-order valence-electron chi connectivity index (χ1n) is 8.94. The van der Waals surface area contributed by atoms with E-state index in [1.54, 1.807) is 6.20 Å². The Hall–Kier alpha value is -2.36. The molecular weight excluding hydrogens is 453 g/mol. The van der Waals surface area contributed by atoms with Crippen molar-refractivity contribution < 1.29 is 0 Å². The molecule has 27 heavy (non-hydrogen) atoms. The van der Waals surface area contributed by atoms with Gasteiger partial charge in [0, 0.05) is 38.2 Å². The topological polar surface area (TPSA) is 72.1 Å². The Labute approximate surface area is 176 Å². The average Bonchev–Trinajstić information content (AvgIpc) is 3.36. The van der Waals surface area contributed by atoms with E-state index in [4.69, 9.17) is 0 Å². The van der Waals surface area contributed by atoms with Crippen molar-refractivity contribution in [2.24, 2.45) is 4.99 Å². The molecule has 0 aliphatic rings. The zero-order valence-corrected chi connectivity index (χ0v) is 17.8. The molecule has 3 rings (SSSR count). The van der Waals surface area contributed by atoms with Crippen molar-refractivity contribution in [1.82, 2.24) is 30.2 Å². The minimum atomic E-state index is 0. The van der Waals surface area contributed by atoms with Crippen LogP contribution in [0.2, 0.25) is 0 Å². The molecule has 0 atom stereocenters. The Bertz CT molecular complexity index is 797. The van der Waals surface area contributed by atoms with Crippen molar-refractivity contribution in [3.63, 3.8) is 0 Å². The van der Waals surface area contributed by atoms with Crippen molar-refractivity contribution in [2.75, 3.05) is 13.1 Å². The third-order valence-electron chi connectivity index (χ3n) is 3.82. The van der Waals surface area contributed by atoms with Gasteiger partial charge in [0.2, 0.25) is 0 Å². The summed E-state index contributed by atoms with van der Waals surface area (Å²) in [4.78, 5) is 4.62. The maximum absolute atomic E-state index is 4.62. The van der Waals surface area contributed by atoms with Crippen LogP contribution in [0.15, 0.2) is 66.0 Å². The van der Waals surface area contributed by atoms with Crippen LogP contribution in [0.5, 0.6) is 0 Å². The normalized spacial score (nSPS) is 11.1. The van der Waals surface area contributed by atoms with Gasteiger partial charge in [-0.05, 0) is 37.6 Å². The second kappa shape index (κ2) is 11.4. The number of hydrogen-bond donors (Lipinski definition) is 2. The van der Waals surface area contributed by atoms with Gasteiger partial charge in [0.05, 0.1) is 17.9 Å². The minimum absolute atomic E-state index is 0. The van der Waals surface area contributed by atoms with Crippen LogP contribution in [0.3, 0.4) is 0 Å². The van der Waals surface area contributed by atoms with Gasteiger partial charge >= 0.3 is 0 Å². The Balaban J connectivity index is 0.00000261. The van der Waals surface area contributed by atoms with Crippen molar-refractivity contribution >= 4 is 29.9 Å². The lowest BCUT2D eigenvalue weighted by atomic mass is 10.3. The van der Waals surface area contributed by atoms with E-state index in [9.17, 15) is 0 Å². The van der Waals surface area contributed by atoms with E-state index < -0.39 is 0 Å². The highest BCUT2D eigenvalue weighted by Gasteiger charge is 2.02. The van der Waals surface area contributed by atoms with E-state index in [0.29, 0.717) is 6.54 Å². The van der Waals surface area contributed by atoms with Gasteiger partial charge in [0.25, 0.3) is 0 Å². The second-order valence-electron chi connectivity index (χ2n) is 5.83. The number of aryl methyl sites for hydroxylation is 1. The number of benzene rings is 1. The highest BCUT2D eigenvalue weighted by molar-refractivity contribution is 14.0. The summed E-state index contributed by atoms with van der Waals surface area (Å²) in [5.41, 5.74) is 1.98. The number of hydrogen-bond acceptors (Lipinski definition) is 3. The number of para-hydroxylation sites is 1. The lowest BCUT2D eigenvalue weighted by Crippen LogP contribution is -2.38. The van der Waals surface area contributed by atoms with Crippen LogP contribution in [0.1, 0.15) is 19.0 Å². The van der Waals surface area contributed by atoms with Gasteiger partial charge in [-0.1, -0.05) is 18.2 Å². The maximum Gasteiger partial charge on any atom is 0.191 e. The van der Waals surface area contributed by atoms with Crippen LogP contribution in [0, 0.1) is 0 Å². The van der Waals surface area contributed by atoms with Gasteiger partial charge in [0.15, 0.2) is 5.96 Å². The highest BCUT2D eigenvalue weighted by Crippen LogP contribution is 2.07. The summed E-state index contributed by atoms with van der Waals surface area (Å²) < 4.78 is 3.80. The molecule has 3 aromatic rings. The number of halogens is 1. The number of aliphatic imine (C=N–C) groups is 1. The number of rotatable bonds is 8. The van der Waals surface area contributed by atoms with Crippen LogP contribution < -0.4 is 10.6 Å². The lowest BCUT2D eigenvalue weighted by molar-refractivity contribution is 0.570. The molecule has 1 aromatic carbocycles.